The maximum Gasteiger partial charge on any atom is 0.156 e. The number of unbranched alkanes of at least 4 members (excludes halogenated alkanes) is 1. The van der Waals surface area contributed by atoms with Crippen LogP contribution in [0.4, 0.5) is 0 Å². The molecule has 9 rings (SSSR count). The van der Waals surface area contributed by atoms with Gasteiger partial charge in [0.2, 0.25) is 0 Å². The summed E-state index contributed by atoms with van der Waals surface area (Å²) < 4.78 is 2.33. The van der Waals surface area contributed by atoms with Gasteiger partial charge in [0.15, 0.2) is 5.82 Å². The summed E-state index contributed by atoms with van der Waals surface area (Å²) in [6, 6.07) is 35.6. The van der Waals surface area contributed by atoms with Crippen molar-refractivity contribution in [2.45, 2.75) is 95.4 Å². The zero-order valence-electron chi connectivity index (χ0n) is 39.1. The number of fused-ring (bicyclic) bond motifs is 4. The number of benzene rings is 3. The summed E-state index contributed by atoms with van der Waals surface area (Å²) in [5.41, 5.74) is 12.5. The van der Waals surface area contributed by atoms with E-state index in [1.807, 2.05) is 77.3 Å². The van der Waals surface area contributed by atoms with E-state index in [0.717, 1.165) is 87.0 Å². The Morgan fingerprint density at radius 1 is 0.692 bits per heavy atom. The predicted octanol–water partition coefficient (Wildman–Crippen LogP) is 14.6. The summed E-state index contributed by atoms with van der Waals surface area (Å²) in [6.45, 7) is 18.6. The van der Waals surface area contributed by atoms with E-state index >= 15 is 0 Å². The molecule has 0 saturated carbocycles. The Balaban J connectivity index is 0.000000267. The number of allylic oxidation sites excluding steroid dienone is 7. The molecular weight excluding hydrogens is 793 g/mol. The first-order valence-corrected chi connectivity index (χ1v) is 23.0. The van der Waals surface area contributed by atoms with E-state index in [0.29, 0.717) is 5.82 Å². The normalized spacial score (nSPS) is 12.6. The smallest absolute Gasteiger partial charge is 0.156 e. The van der Waals surface area contributed by atoms with E-state index in [1.54, 1.807) is 0 Å². The van der Waals surface area contributed by atoms with Crippen molar-refractivity contribution in [3.8, 4) is 22.8 Å². The Hall–Kier alpha value is -7.05. The van der Waals surface area contributed by atoms with Crippen LogP contribution in [0.2, 0.25) is 0 Å². The SMILES string of the molecule is C.C/C=C\c1c(CC)ccnc1-c1cc(-c2nccc3ccccc23)nc(C2=CC=C(c3ccccc3)C=CC2)n1.C/C=c1\c(=C/CCC)nc(C)c2cc3ccccc3n12.CC.CC. The number of nitrogens with zero attached hydrogens (tertiary/aromatic N) is 6. The summed E-state index contributed by atoms with van der Waals surface area (Å²) in [4.78, 5) is 24.6. The number of aromatic nitrogens is 6. The maximum atomic E-state index is 5.12. The van der Waals surface area contributed by atoms with E-state index in [-0.39, 0.29) is 7.43 Å². The predicted molar refractivity (Wildman–Crippen MR) is 282 cm³/mol. The third-order valence-corrected chi connectivity index (χ3v) is 10.9. The molecule has 65 heavy (non-hydrogen) atoms. The lowest BCUT2D eigenvalue weighted by molar-refractivity contribution is 0.968. The molecule has 1 aliphatic carbocycles. The fourth-order valence-corrected chi connectivity index (χ4v) is 7.95. The lowest BCUT2D eigenvalue weighted by Crippen LogP contribution is -2.35. The maximum absolute atomic E-state index is 5.12. The molecule has 8 aromatic rings. The molecule has 0 radical (unpaired) electrons. The first-order chi connectivity index (χ1) is 31.5. The summed E-state index contributed by atoms with van der Waals surface area (Å²) in [7, 11) is 0. The van der Waals surface area contributed by atoms with Crippen molar-refractivity contribution >= 4 is 56.6 Å². The van der Waals surface area contributed by atoms with Gasteiger partial charge in [-0.1, -0.05) is 177 Å². The van der Waals surface area contributed by atoms with Gasteiger partial charge in [-0.05, 0) is 92.5 Å². The van der Waals surface area contributed by atoms with Gasteiger partial charge in [0.05, 0.1) is 50.2 Å². The topological polar surface area (TPSA) is 68.9 Å². The van der Waals surface area contributed by atoms with Gasteiger partial charge >= 0.3 is 0 Å². The first kappa shape index (κ1) is 49.0. The molecule has 332 valence electrons. The molecule has 5 aromatic heterocycles. The minimum absolute atomic E-state index is 0. The number of aryl methyl sites for hydroxylation is 2. The largest absolute Gasteiger partial charge is 0.306 e. The zero-order valence-corrected chi connectivity index (χ0v) is 39.1. The van der Waals surface area contributed by atoms with E-state index in [1.165, 1.54) is 32.9 Å². The van der Waals surface area contributed by atoms with Crippen molar-refractivity contribution in [1.29, 1.82) is 0 Å². The first-order valence-electron chi connectivity index (χ1n) is 23.0. The van der Waals surface area contributed by atoms with Crippen molar-refractivity contribution in [3.63, 3.8) is 0 Å². The Bertz CT molecular complexity index is 3090. The van der Waals surface area contributed by atoms with Gasteiger partial charge < -0.3 is 4.40 Å². The molecule has 3 aromatic carbocycles. The summed E-state index contributed by atoms with van der Waals surface area (Å²) >= 11 is 0. The summed E-state index contributed by atoms with van der Waals surface area (Å²) in [6.07, 6.45) is 24.8. The van der Waals surface area contributed by atoms with Gasteiger partial charge in [-0.15, -0.1) is 0 Å². The molecule has 0 fully saturated rings. The van der Waals surface area contributed by atoms with Crippen LogP contribution >= 0.6 is 0 Å². The highest BCUT2D eigenvalue weighted by Crippen LogP contribution is 2.33. The highest BCUT2D eigenvalue weighted by molar-refractivity contribution is 5.94. The van der Waals surface area contributed by atoms with Crippen LogP contribution in [-0.4, -0.2) is 29.3 Å². The Kier molecular flexibility index (Phi) is 18.2. The van der Waals surface area contributed by atoms with Gasteiger partial charge in [-0.25, -0.2) is 15.0 Å². The lowest BCUT2D eigenvalue weighted by Gasteiger charge is -2.13. The van der Waals surface area contributed by atoms with E-state index < -0.39 is 0 Å². The average molecular weight is 859 g/mol. The molecule has 0 saturated heterocycles. The number of hydrogen-bond donors (Lipinski definition) is 0. The third kappa shape index (κ3) is 11.0. The minimum Gasteiger partial charge on any atom is -0.306 e. The fraction of sp³-hybridized carbons (Fsp3) is 0.237. The summed E-state index contributed by atoms with van der Waals surface area (Å²) in [5.74, 6) is 0.688. The number of hydrogen-bond acceptors (Lipinski definition) is 5. The molecule has 0 aliphatic heterocycles. The van der Waals surface area contributed by atoms with Gasteiger partial charge in [-0.3, -0.25) is 9.97 Å². The van der Waals surface area contributed by atoms with E-state index in [4.69, 9.17) is 24.9 Å². The molecule has 0 unspecified atom stereocenters. The van der Waals surface area contributed by atoms with Crippen LogP contribution < -0.4 is 10.7 Å². The molecule has 6 nitrogen and oxygen atoms in total. The molecule has 5 heterocycles. The Labute approximate surface area is 387 Å². The van der Waals surface area contributed by atoms with Crippen LogP contribution in [0.3, 0.4) is 0 Å². The molecule has 6 heteroatoms. The minimum atomic E-state index is 0. The van der Waals surface area contributed by atoms with Gasteiger partial charge in [0, 0.05) is 34.3 Å². The zero-order chi connectivity index (χ0) is 45.4. The molecule has 0 N–H and O–H groups in total. The quantitative estimate of drug-likeness (QED) is 0.152. The number of pyridine rings is 2. The van der Waals surface area contributed by atoms with Gasteiger partial charge in [-0.2, -0.15) is 0 Å². The second-order valence-corrected chi connectivity index (χ2v) is 14.9. The van der Waals surface area contributed by atoms with Crippen LogP contribution in [0, 0.1) is 6.92 Å². The second-order valence-electron chi connectivity index (χ2n) is 14.9. The molecule has 0 spiro atoms. The highest BCUT2D eigenvalue weighted by Gasteiger charge is 2.18. The molecule has 0 atom stereocenters. The monoisotopic (exact) mass is 859 g/mol. The van der Waals surface area contributed by atoms with E-state index in [9.17, 15) is 0 Å². The summed E-state index contributed by atoms with van der Waals surface area (Å²) in [5, 5.41) is 5.75. The lowest BCUT2D eigenvalue weighted by atomic mass is 10.0. The van der Waals surface area contributed by atoms with Crippen molar-refractivity contribution < 1.29 is 0 Å². The number of para-hydroxylation sites is 1. The Morgan fingerprint density at radius 3 is 2.09 bits per heavy atom. The average Bonchev–Trinajstić information content (AvgIpc) is 3.57. The van der Waals surface area contributed by atoms with Crippen LogP contribution in [-0.2, 0) is 6.42 Å². The molecule has 1 aliphatic rings. The number of rotatable bonds is 8. The van der Waals surface area contributed by atoms with Gasteiger partial charge in [0.25, 0.3) is 0 Å². The highest BCUT2D eigenvalue weighted by atomic mass is 14.9. The van der Waals surface area contributed by atoms with Gasteiger partial charge in [0.1, 0.15) is 0 Å². The van der Waals surface area contributed by atoms with Crippen LogP contribution in [0.15, 0.2) is 146 Å². The van der Waals surface area contributed by atoms with Crippen molar-refractivity contribution in [2.24, 2.45) is 0 Å². The standard InChI is InChI=1S/C36H30N4.C18H20N2.2C2H6.CH4/c1-3-11-30-25(4-2)20-22-37-34(30)32-24-33(35-31-17-9-8-14-28(31)21-23-38-35)40-36(39-32)29-16-10-15-27(18-19-29)26-12-6-5-7-13-26;1-4-6-10-15-16(5-2)20-17-11-8-7-9-14(17)12-18(20)13(3)19-15;2*1-2;/h3,5-15,17-24H,4,16H2,1-2H3;5,7-12H,4,6H2,1-3H3;2*1-2H3;1H4/b11-3-;15-10+,16-5+;;;. The van der Waals surface area contributed by atoms with Crippen molar-refractivity contribution in [1.82, 2.24) is 29.3 Å². The van der Waals surface area contributed by atoms with Crippen LogP contribution in [0.1, 0.15) is 110 Å². The van der Waals surface area contributed by atoms with Crippen LogP contribution in [0.5, 0.6) is 0 Å². The Morgan fingerprint density at radius 2 is 1.37 bits per heavy atom. The third-order valence-electron chi connectivity index (χ3n) is 10.9. The molecule has 0 bridgehead atoms. The van der Waals surface area contributed by atoms with Crippen molar-refractivity contribution in [3.05, 3.63) is 185 Å². The molecule has 0 amide bonds. The second kappa shape index (κ2) is 24.1. The fourth-order valence-electron chi connectivity index (χ4n) is 7.95. The van der Waals surface area contributed by atoms with E-state index in [2.05, 4.69) is 154 Å². The van der Waals surface area contributed by atoms with Crippen LogP contribution in [0.25, 0.3) is 79.3 Å². The van der Waals surface area contributed by atoms with Crippen molar-refractivity contribution in [2.75, 3.05) is 0 Å². The molecular formula is C59H66N6.